The molecule has 2 rings (SSSR count). The van der Waals surface area contributed by atoms with E-state index in [2.05, 4.69) is 37.7 Å². The van der Waals surface area contributed by atoms with E-state index in [0.29, 0.717) is 12.0 Å². The fourth-order valence-electron chi connectivity index (χ4n) is 2.91. The summed E-state index contributed by atoms with van der Waals surface area (Å²) in [4.78, 5) is 2.40. The van der Waals surface area contributed by atoms with Crippen molar-refractivity contribution < 1.29 is 0 Å². The molecule has 1 saturated heterocycles. The molecule has 1 fully saturated rings. The number of hydrogen-bond donors (Lipinski definition) is 1. The zero-order valence-electron chi connectivity index (χ0n) is 11.6. The molecule has 1 aliphatic heterocycles. The average molecular weight is 236 g/mol. The van der Waals surface area contributed by atoms with Gasteiger partial charge in [0.15, 0.2) is 5.82 Å². The molecule has 2 N–H and O–H groups in total. The standard InChI is InChI=1S/C13H24N4/c1-8(2)12-11(14)13(16(5)15-12)17-7-9(3)6-10(17)4/h8-10H,6-7,14H2,1-5H3. The van der Waals surface area contributed by atoms with Crippen molar-refractivity contribution in [1.82, 2.24) is 9.78 Å². The minimum atomic E-state index is 0.380. The maximum absolute atomic E-state index is 6.27. The van der Waals surface area contributed by atoms with Crippen molar-refractivity contribution in [2.24, 2.45) is 13.0 Å². The van der Waals surface area contributed by atoms with Crippen molar-refractivity contribution in [3.05, 3.63) is 5.69 Å². The van der Waals surface area contributed by atoms with Crippen LogP contribution in [0, 0.1) is 5.92 Å². The molecule has 2 atom stereocenters. The number of anilines is 2. The SMILES string of the molecule is CC1CC(C)N(c2c(N)c(C(C)C)nn2C)C1. The van der Waals surface area contributed by atoms with E-state index in [0.717, 1.165) is 29.7 Å². The van der Waals surface area contributed by atoms with Crippen LogP contribution in [0.3, 0.4) is 0 Å². The van der Waals surface area contributed by atoms with Gasteiger partial charge < -0.3 is 10.6 Å². The van der Waals surface area contributed by atoms with Crippen LogP contribution in [0.5, 0.6) is 0 Å². The van der Waals surface area contributed by atoms with Gasteiger partial charge in [0, 0.05) is 19.6 Å². The lowest BCUT2D eigenvalue weighted by molar-refractivity contribution is 0.624. The summed E-state index contributed by atoms with van der Waals surface area (Å²) >= 11 is 0. The normalized spacial score (nSPS) is 24.9. The molecule has 4 heteroatoms. The molecule has 1 aromatic heterocycles. The van der Waals surface area contributed by atoms with Gasteiger partial charge in [-0.15, -0.1) is 0 Å². The molecule has 0 spiro atoms. The van der Waals surface area contributed by atoms with Gasteiger partial charge in [-0.05, 0) is 25.2 Å². The zero-order chi connectivity index (χ0) is 12.7. The Balaban J connectivity index is 2.39. The minimum absolute atomic E-state index is 0.380. The molecule has 0 saturated carbocycles. The van der Waals surface area contributed by atoms with Crippen LogP contribution < -0.4 is 10.6 Å². The van der Waals surface area contributed by atoms with E-state index in [9.17, 15) is 0 Å². The van der Waals surface area contributed by atoms with Crippen molar-refractivity contribution in [1.29, 1.82) is 0 Å². The highest BCUT2D eigenvalue weighted by Crippen LogP contribution is 2.36. The van der Waals surface area contributed by atoms with Gasteiger partial charge in [-0.1, -0.05) is 20.8 Å². The molecular formula is C13H24N4. The molecule has 1 aliphatic rings. The Hall–Kier alpha value is -1.19. The summed E-state index contributed by atoms with van der Waals surface area (Å²) < 4.78 is 1.94. The Kier molecular flexibility index (Phi) is 3.06. The molecule has 1 aromatic rings. The van der Waals surface area contributed by atoms with Gasteiger partial charge in [-0.25, -0.2) is 0 Å². The lowest BCUT2D eigenvalue weighted by atomic mass is 10.1. The number of nitrogens with zero attached hydrogens (tertiary/aromatic N) is 3. The molecule has 17 heavy (non-hydrogen) atoms. The second kappa shape index (κ2) is 4.24. The number of hydrogen-bond acceptors (Lipinski definition) is 3. The van der Waals surface area contributed by atoms with Crippen LogP contribution in [0.25, 0.3) is 0 Å². The Morgan fingerprint density at radius 1 is 1.35 bits per heavy atom. The molecule has 2 unspecified atom stereocenters. The summed E-state index contributed by atoms with van der Waals surface area (Å²) in [5, 5.41) is 4.56. The van der Waals surface area contributed by atoms with Crippen LogP contribution in [0.4, 0.5) is 11.5 Å². The van der Waals surface area contributed by atoms with E-state index in [-0.39, 0.29) is 0 Å². The van der Waals surface area contributed by atoms with Gasteiger partial charge in [0.25, 0.3) is 0 Å². The maximum atomic E-state index is 6.27. The highest BCUT2D eigenvalue weighted by molar-refractivity contribution is 5.68. The van der Waals surface area contributed by atoms with E-state index in [1.54, 1.807) is 0 Å². The first kappa shape index (κ1) is 12.3. The van der Waals surface area contributed by atoms with E-state index >= 15 is 0 Å². The molecule has 0 aromatic carbocycles. The summed E-state index contributed by atoms with van der Waals surface area (Å²) in [6.45, 7) is 9.93. The largest absolute Gasteiger partial charge is 0.394 e. The average Bonchev–Trinajstić information content (AvgIpc) is 2.67. The first-order chi connectivity index (χ1) is 7.91. The molecule has 0 aliphatic carbocycles. The highest BCUT2D eigenvalue weighted by atomic mass is 15.4. The summed E-state index contributed by atoms with van der Waals surface area (Å²) in [6.07, 6.45) is 1.24. The number of nitrogen functional groups attached to an aromatic ring is 1. The van der Waals surface area contributed by atoms with Gasteiger partial charge in [0.2, 0.25) is 0 Å². The van der Waals surface area contributed by atoms with E-state index in [4.69, 9.17) is 5.73 Å². The Bertz CT molecular complexity index is 408. The van der Waals surface area contributed by atoms with Crippen LogP contribution in [0.15, 0.2) is 0 Å². The van der Waals surface area contributed by atoms with Crippen LogP contribution in [-0.2, 0) is 7.05 Å². The zero-order valence-corrected chi connectivity index (χ0v) is 11.6. The van der Waals surface area contributed by atoms with Gasteiger partial charge in [-0.3, -0.25) is 4.68 Å². The number of nitrogens with two attached hydrogens (primary N) is 1. The Labute approximate surface area is 104 Å². The third-order valence-corrected chi connectivity index (χ3v) is 3.68. The number of aryl methyl sites for hydroxylation is 1. The van der Waals surface area contributed by atoms with Crippen LogP contribution in [0.2, 0.25) is 0 Å². The van der Waals surface area contributed by atoms with Gasteiger partial charge in [0.1, 0.15) is 0 Å². The van der Waals surface area contributed by atoms with Gasteiger partial charge in [-0.2, -0.15) is 5.10 Å². The molecule has 96 valence electrons. The Morgan fingerprint density at radius 2 is 2.00 bits per heavy atom. The van der Waals surface area contributed by atoms with Crippen molar-refractivity contribution in [2.45, 2.75) is 46.1 Å². The van der Waals surface area contributed by atoms with Crippen LogP contribution in [0.1, 0.15) is 45.7 Å². The molecular weight excluding hydrogens is 212 g/mol. The fourth-order valence-corrected chi connectivity index (χ4v) is 2.91. The first-order valence-electron chi connectivity index (χ1n) is 6.50. The lowest BCUT2D eigenvalue weighted by Crippen LogP contribution is -2.29. The topological polar surface area (TPSA) is 47.1 Å². The smallest absolute Gasteiger partial charge is 0.150 e. The predicted octanol–water partition coefficient (Wildman–Crippen LogP) is 2.36. The second-order valence-corrected chi connectivity index (χ2v) is 5.74. The predicted molar refractivity (Wildman–Crippen MR) is 72.3 cm³/mol. The van der Waals surface area contributed by atoms with Crippen LogP contribution in [-0.4, -0.2) is 22.4 Å². The number of aromatic nitrogens is 2. The number of rotatable bonds is 2. The van der Waals surface area contributed by atoms with E-state index < -0.39 is 0 Å². The van der Waals surface area contributed by atoms with E-state index in [1.165, 1.54) is 6.42 Å². The quantitative estimate of drug-likeness (QED) is 0.857. The van der Waals surface area contributed by atoms with E-state index in [1.807, 2.05) is 11.7 Å². The third kappa shape index (κ3) is 2.01. The summed E-state index contributed by atoms with van der Waals surface area (Å²) in [7, 11) is 1.99. The molecule has 4 nitrogen and oxygen atoms in total. The van der Waals surface area contributed by atoms with Crippen molar-refractivity contribution >= 4 is 11.5 Å². The maximum Gasteiger partial charge on any atom is 0.150 e. The molecule has 0 radical (unpaired) electrons. The molecule has 0 amide bonds. The monoisotopic (exact) mass is 236 g/mol. The van der Waals surface area contributed by atoms with Gasteiger partial charge in [0.05, 0.1) is 11.4 Å². The minimum Gasteiger partial charge on any atom is -0.394 e. The van der Waals surface area contributed by atoms with Crippen molar-refractivity contribution in [3.8, 4) is 0 Å². The van der Waals surface area contributed by atoms with Gasteiger partial charge >= 0.3 is 0 Å². The Morgan fingerprint density at radius 3 is 2.41 bits per heavy atom. The summed E-state index contributed by atoms with van der Waals surface area (Å²) in [5.41, 5.74) is 8.15. The van der Waals surface area contributed by atoms with Crippen molar-refractivity contribution in [3.63, 3.8) is 0 Å². The second-order valence-electron chi connectivity index (χ2n) is 5.74. The summed E-state index contributed by atoms with van der Waals surface area (Å²) in [6, 6.07) is 0.558. The lowest BCUT2D eigenvalue weighted by Gasteiger charge is -2.24. The highest BCUT2D eigenvalue weighted by Gasteiger charge is 2.31. The van der Waals surface area contributed by atoms with Crippen LogP contribution >= 0.6 is 0 Å². The third-order valence-electron chi connectivity index (χ3n) is 3.68. The fraction of sp³-hybridized carbons (Fsp3) is 0.769. The molecule has 2 heterocycles. The molecule has 0 bridgehead atoms. The van der Waals surface area contributed by atoms with Crippen molar-refractivity contribution in [2.75, 3.05) is 17.2 Å². The first-order valence-corrected chi connectivity index (χ1v) is 6.50. The summed E-state index contributed by atoms with van der Waals surface area (Å²) in [5.74, 6) is 2.22.